The van der Waals surface area contributed by atoms with Crippen LogP contribution in [0, 0.1) is 0 Å². The Morgan fingerprint density at radius 3 is 2.73 bits per heavy atom. The van der Waals surface area contributed by atoms with Gasteiger partial charge in [0.2, 0.25) is 0 Å². The molecule has 2 heterocycles. The van der Waals surface area contributed by atoms with Crippen molar-refractivity contribution in [3.05, 3.63) is 0 Å². The molecule has 62 valence electrons. The minimum atomic E-state index is -1.22. The summed E-state index contributed by atoms with van der Waals surface area (Å²) in [5.41, 5.74) is 0. The summed E-state index contributed by atoms with van der Waals surface area (Å²) in [7, 11) is 0. The lowest BCUT2D eigenvalue weighted by atomic mass is 10.1. The summed E-state index contributed by atoms with van der Waals surface area (Å²) in [6.45, 7) is 0.125. The fraction of sp³-hybridized carbons (Fsp3) is 0.833. The molecule has 2 aliphatic rings. The van der Waals surface area contributed by atoms with E-state index in [9.17, 15) is 4.79 Å². The molecule has 2 fully saturated rings. The number of aliphatic hydroxyl groups is 2. The fourth-order valence-corrected chi connectivity index (χ4v) is 1.37. The molecule has 4 atom stereocenters. The van der Waals surface area contributed by atoms with Crippen LogP contribution in [0.5, 0.6) is 0 Å². The molecule has 5 nitrogen and oxygen atoms in total. The van der Waals surface area contributed by atoms with Gasteiger partial charge in [0.15, 0.2) is 12.2 Å². The van der Waals surface area contributed by atoms with Gasteiger partial charge < -0.3 is 19.7 Å². The molecule has 0 radical (unpaired) electrons. The molecule has 0 amide bonds. The van der Waals surface area contributed by atoms with Crippen molar-refractivity contribution in [3.8, 4) is 0 Å². The van der Waals surface area contributed by atoms with Gasteiger partial charge in [-0.3, -0.25) is 0 Å². The van der Waals surface area contributed by atoms with Crippen molar-refractivity contribution < 1.29 is 24.5 Å². The Labute approximate surface area is 62.5 Å². The lowest BCUT2D eigenvalue weighted by Gasteiger charge is -2.07. The van der Waals surface area contributed by atoms with Crippen LogP contribution in [0.15, 0.2) is 0 Å². The van der Waals surface area contributed by atoms with Gasteiger partial charge in [-0.05, 0) is 0 Å². The number of carbonyl (C=O) groups is 1. The predicted molar refractivity (Wildman–Crippen MR) is 31.6 cm³/mol. The van der Waals surface area contributed by atoms with Gasteiger partial charge in [-0.2, -0.15) is 0 Å². The van der Waals surface area contributed by atoms with E-state index in [1.165, 1.54) is 0 Å². The van der Waals surface area contributed by atoms with E-state index >= 15 is 0 Å². The number of hydrogen-bond donors (Lipinski definition) is 2. The number of aliphatic hydroxyl groups excluding tert-OH is 2. The smallest absolute Gasteiger partial charge is 0.338 e. The van der Waals surface area contributed by atoms with Crippen molar-refractivity contribution in [1.82, 2.24) is 0 Å². The number of ether oxygens (including phenoxy) is 2. The highest BCUT2D eigenvalue weighted by molar-refractivity contribution is 5.78. The van der Waals surface area contributed by atoms with Crippen LogP contribution in [0.25, 0.3) is 0 Å². The normalized spacial score (nSPS) is 49.1. The second-order valence-corrected chi connectivity index (χ2v) is 2.71. The number of carbonyl (C=O) groups excluding carboxylic acids is 1. The number of hydrogen-bond acceptors (Lipinski definition) is 5. The van der Waals surface area contributed by atoms with E-state index in [0.29, 0.717) is 0 Å². The molecular weight excluding hydrogens is 152 g/mol. The Morgan fingerprint density at radius 1 is 1.36 bits per heavy atom. The van der Waals surface area contributed by atoms with Crippen molar-refractivity contribution in [1.29, 1.82) is 0 Å². The van der Waals surface area contributed by atoms with Crippen molar-refractivity contribution in [2.24, 2.45) is 0 Å². The highest BCUT2D eigenvalue weighted by atomic mass is 16.6. The first-order valence-corrected chi connectivity index (χ1v) is 3.38. The molecule has 0 spiro atoms. The van der Waals surface area contributed by atoms with Gasteiger partial charge in [-0.1, -0.05) is 0 Å². The van der Waals surface area contributed by atoms with E-state index < -0.39 is 30.4 Å². The number of fused-ring (bicyclic) bond motifs is 1. The van der Waals surface area contributed by atoms with Gasteiger partial charge in [0.1, 0.15) is 12.2 Å². The SMILES string of the molecule is O=C1O[C@H]2[C@H](OC[C@@H]2O)[C@@H]1O. The molecule has 0 bridgehead atoms. The van der Waals surface area contributed by atoms with Crippen LogP contribution in [0.2, 0.25) is 0 Å². The fourth-order valence-electron chi connectivity index (χ4n) is 1.37. The molecule has 0 aromatic rings. The Kier molecular flexibility index (Phi) is 1.38. The molecule has 0 saturated carbocycles. The number of esters is 1. The number of rotatable bonds is 0. The van der Waals surface area contributed by atoms with E-state index in [1.807, 2.05) is 0 Å². The molecule has 0 unspecified atom stereocenters. The second-order valence-electron chi connectivity index (χ2n) is 2.71. The van der Waals surface area contributed by atoms with Crippen molar-refractivity contribution in [2.45, 2.75) is 24.4 Å². The van der Waals surface area contributed by atoms with Gasteiger partial charge >= 0.3 is 5.97 Å². The monoisotopic (exact) mass is 160 g/mol. The lowest BCUT2D eigenvalue weighted by molar-refractivity contribution is -0.151. The van der Waals surface area contributed by atoms with Gasteiger partial charge in [-0.25, -0.2) is 4.79 Å². The summed E-state index contributed by atoms with van der Waals surface area (Å²) < 4.78 is 9.57. The largest absolute Gasteiger partial charge is 0.455 e. The summed E-state index contributed by atoms with van der Waals surface area (Å²) in [4.78, 5) is 10.7. The molecule has 0 aliphatic carbocycles. The van der Waals surface area contributed by atoms with E-state index in [4.69, 9.17) is 14.9 Å². The average molecular weight is 160 g/mol. The molecule has 5 heteroatoms. The first-order valence-electron chi connectivity index (χ1n) is 3.38. The predicted octanol–water partition coefficient (Wildman–Crippen LogP) is -1.97. The highest BCUT2D eigenvalue weighted by Gasteiger charge is 2.52. The van der Waals surface area contributed by atoms with Crippen molar-refractivity contribution in [3.63, 3.8) is 0 Å². The van der Waals surface area contributed by atoms with Crippen LogP contribution in [-0.4, -0.2) is 47.2 Å². The quantitative estimate of drug-likeness (QED) is 0.402. The molecule has 0 aromatic heterocycles. The molecule has 0 aromatic carbocycles. The second kappa shape index (κ2) is 2.17. The highest BCUT2D eigenvalue weighted by Crippen LogP contribution is 2.27. The Hall–Kier alpha value is -0.650. The minimum Gasteiger partial charge on any atom is -0.455 e. The van der Waals surface area contributed by atoms with Gasteiger partial charge in [0, 0.05) is 0 Å². The zero-order valence-corrected chi connectivity index (χ0v) is 5.64. The molecule has 11 heavy (non-hydrogen) atoms. The Morgan fingerprint density at radius 2 is 2.09 bits per heavy atom. The molecule has 2 saturated heterocycles. The standard InChI is InChI=1S/C6H8O5/c7-2-1-10-5-3(8)6(9)11-4(2)5/h2-5,7-8H,1H2/t2-,3-,4+,5+/m0/s1. The van der Waals surface area contributed by atoms with Gasteiger partial charge in [0.05, 0.1) is 6.61 Å². The molecule has 2 aliphatic heterocycles. The van der Waals surface area contributed by atoms with Gasteiger partial charge in [0.25, 0.3) is 0 Å². The van der Waals surface area contributed by atoms with E-state index in [-0.39, 0.29) is 6.61 Å². The molecule has 2 N–H and O–H groups in total. The Balaban J connectivity index is 2.18. The van der Waals surface area contributed by atoms with Crippen LogP contribution < -0.4 is 0 Å². The summed E-state index contributed by atoms with van der Waals surface area (Å²) in [5.74, 6) is -0.709. The van der Waals surface area contributed by atoms with E-state index in [1.54, 1.807) is 0 Å². The van der Waals surface area contributed by atoms with Crippen LogP contribution in [-0.2, 0) is 14.3 Å². The van der Waals surface area contributed by atoms with Crippen LogP contribution in [0.3, 0.4) is 0 Å². The average Bonchev–Trinajstić information content (AvgIpc) is 2.43. The summed E-state index contributed by atoms with van der Waals surface area (Å²) in [6.07, 6.45) is -3.35. The van der Waals surface area contributed by atoms with Crippen LogP contribution in [0.1, 0.15) is 0 Å². The maximum Gasteiger partial charge on any atom is 0.338 e. The first-order chi connectivity index (χ1) is 5.20. The summed E-state index contributed by atoms with van der Waals surface area (Å²) in [6, 6.07) is 0. The summed E-state index contributed by atoms with van der Waals surface area (Å²) >= 11 is 0. The van der Waals surface area contributed by atoms with E-state index in [2.05, 4.69) is 4.74 Å². The third-order valence-electron chi connectivity index (χ3n) is 1.97. The van der Waals surface area contributed by atoms with Gasteiger partial charge in [-0.15, -0.1) is 0 Å². The van der Waals surface area contributed by atoms with E-state index in [0.717, 1.165) is 0 Å². The maximum absolute atomic E-state index is 10.7. The van der Waals surface area contributed by atoms with Crippen LogP contribution >= 0.6 is 0 Å². The molecular formula is C6H8O5. The zero-order chi connectivity index (χ0) is 8.01. The van der Waals surface area contributed by atoms with Crippen molar-refractivity contribution >= 4 is 5.97 Å². The first kappa shape index (κ1) is 7.02. The topological polar surface area (TPSA) is 76.0 Å². The van der Waals surface area contributed by atoms with Crippen molar-refractivity contribution in [2.75, 3.05) is 6.61 Å². The third kappa shape index (κ3) is 0.852. The summed E-state index contributed by atoms with van der Waals surface area (Å²) in [5, 5.41) is 18.2. The Bertz CT molecular complexity index is 191. The maximum atomic E-state index is 10.7. The third-order valence-corrected chi connectivity index (χ3v) is 1.97. The minimum absolute atomic E-state index is 0.125. The van der Waals surface area contributed by atoms with Crippen LogP contribution in [0.4, 0.5) is 0 Å². The lowest BCUT2D eigenvalue weighted by Crippen LogP contribution is -2.31. The molecule has 2 rings (SSSR count). The zero-order valence-electron chi connectivity index (χ0n) is 5.64.